The second-order valence-electron chi connectivity index (χ2n) is 4.86. The van der Waals surface area contributed by atoms with Gasteiger partial charge in [-0.15, -0.1) is 12.4 Å². The monoisotopic (exact) mass is 448 g/mol. The van der Waals surface area contributed by atoms with Crippen LogP contribution in [0.1, 0.15) is 0 Å². The van der Waals surface area contributed by atoms with E-state index in [0.29, 0.717) is 32.3 Å². The predicted molar refractivity (Wildman–Crippen MR) is 110 cm³/mol. The first-order valence-electron chi connectivity index (χ1n) is 7.19. The van der Waals surface area contributed by atoms with Gasteiger partial charge in [0.2, 0.25) is 0 Å². The van der Waals surface area contributed by atoms with E-state index in [1.54, 1.807) is 72.8 Å². The predicted octanol–water partition coefficient (Wildman–Crippen LogP) is 7.83. The first kappa shape index (κ1) is 21.0. The van der Waals surface area contributed by atoms with Gasteiger partial charge in [-0.1, -0.05) is 34.8 Å². The third-order valence-corrected chi connectivity index (χ3v) is 4.82. The molecule has 0 N–H and O–H groups in total. The molecule has 0 amide bonds. The lowest BCUT2D eigenvalue weighted by atomic mass is 10.3. The molecule has 0 aliphatic carbocycles. The second-order valence-corrected chi connectivity index (χ2v) is 7.16. The lowest BCUT2D eigenvalue weighted by Gasteiger charge is -2.18. The van der Waals surface area contributed by atoms with E-state index in [1.807, 2.05) is 0 Å². The van der Waals surface area contributed by atoms with Crippen molar-refractivity contribution in [1.29, 1.82) is 0 Å². The van der Waals surface area contributed by atoms with E-state index < -0.39 is 8.60 Å². The van der Waals surface area contributed by atoms with Gasteiger partial charge in [-0.25, -0.2) is 0 Å². The molecule has 0 aromatic heterocycles. The Labute approximate surface area is 174 Å². The molecule has 3 nitrogen and oxygen atoms in total. The quantitative estimate of drug-likeness (QED) is 0.359. The average molecular weight is 450 g/mol. The molecule has 136 valence electrons. The summed E-state index contributed by atoms with van der Waals surface area (Å²) in [4.78, 5) is 0. The molecule has 0 unspecified atom stereocenters. The summed E-state index contributed by atoms with van der Waals surface area (Å²) < 4.78 is 17.5. The molecular weight excluding hydrogens is 437 g/mol. The van der Waals surface area contributed by atoms with Crippen LogP contribution in [0.15, 0.2) is 72.8 Å². The normalized spacial score (nSPS) is 10.2. The Morgan fingerprint density at radius 1 is 0.462 bits per heavy atom. The Kier molecular flexibility index (Phi) is 8.15. The fourth-order valence-electron chi connectivity index (χ4n) is 1.80. The van der Waals surface area contributed by atoms with Gasteiger partial charge in [0.15, 0.2) is 0 Å². The van der Waals surface area contributed by atoms with Crippen molar-refractivity contribution in [2.45, 2.75) is 0 Å². The molecule has 0 atom stereocenters. The molecule has 3 rings (SSSR count). The number of hydrogen-bond donors (Lipinski definition) is 0. The van der Waals surface area contributed by atoms with Crippen molar-refractivity contribution in [3.8, 4) is 17.2 Å². The van der Waals surface area contributed by atoms with Crippen molar-refractivity contribution in [1.82, 2.24) is 0 Å². The maximum absolute atomic E-state index is 5.90. The molecule has 0 fully saturated rings. The minimum Gasteiger partial charge on any atom is -0.409 e. The van der Waals surface area contributed by atoms with E-state index in [0.717, 1.165) is 0 Å². The maximum Gasteiger partial charge on any atom is 0.530 e. The largest absolute Gasteiger partial charge is 0.530 e. The van der Waals surface area contributed by atoms with Gasteiger partial charge in [0.1, 0.15) is 17.2 Å². The Bertz CT molecular complexity index is 698. The Balaban J connectivity index is 0.00000243. The van der Waals surface area contributed by atoms with Crippen molar-refractivity contribution in [3.63, 3.8) is 0 Å². The van der Waals surface area contributed by atoms with Crippen LogP contribution in [0.2, 0.25) is 15.1 Å². The molecule has 3 aromatic carbocycles. The standard InChI is InChI=1S/C18H12Cl3O3P.ClH/c19-13-1-7-16(8-2-13)22-25(23-17-9-3-14(20)4-10-17)24-18-11-5-15(21)6-12-18;/h1-12H;1H. The molecule has 0 spiro atoms. The molecule has 0 aliphatic rings. The topological polar surface area (TPSA) is 27.7 Å². The van der Waals surface area contributed by atoms with E-state index in [2.05, 4.69) is 0 Å². The summed E-state index contributed by atoms with van der Waals surface area (Å²) in [5.74, 6) is 1.75. The fraction of sp³-hybridized carbons (Fsp3) is 0. The van der Waals surface area contributed by atoms with Crippen molar-refractivity contribution in [3.05, 3.63) is 87.9 Å². The molecule has 0 saturated heterocycles. The summed E-state index contributed by atoms with van der Waals surface area (Å²) in [5, 5.41) is 1.86. The summed E-state index contributed by atoms with van der Waals surface area (Å²) in [7, 11) is -1.75. The van der Waals surface area contributed by atoms with Crippen LogP contribution in [-0.2, 0) is 0 Å². The van der Waals surface area contributed by atoms with Gasteiger partial charge in [0.25, 0.3) is 0 Å². The van der Waals surface area contributed by atoms with Gasteiger partial charge < -0.3 is 13.6 Å². The van der Waals surface area contributed by atoms with E-state index in [9.17, 15) is 0 Å². The first-order valence-corrected chi connectivity index (χ1v) is 9.42. The van der Waals surface area contributed by atoms with Crippen molar-refractivity contribution in [2.75, 3.05) is 0 Å². The van der Waals surface area contributed by atoms with Crippen LogP contribution in [0.25, 0.3) is 0 Å². The molecule has 0 heterocycles. The summed E-state index contributed by atoms with van der Waals surface area (Å²) in [6, 6.07) is 20.9. The molecule has 8 heteroatoms. The van der Waals surface area contributed by atoms with Crippen molar-refractivity contribution >= 4 is 55.8 Å². The lowest BCUT2D eigenvalue weighted by molar-refractivity contribution is 0.388. The Morgan fingerprint density at radius 2 is 0.692 bits per heavy atom. The molecule has 0 aliphatic heterocycles. The highest BCUT2D eigenvalue weighted by molar-refractivity contribution is 7.43. The highest BCUT2D eigenvalue weighted by Gasteiger charge is 2.19. The molecule has 0 radical (unpaired) electrons. The summed E-state index contributed by atoms with van der Waals surface area (Å²) >= 11 is 17.7. The zero-order chi connectivity index (χ0) is 17.6. The van der Waals surface area contributed by atoms with Crippen LogP contribution in [-0.4, -0.2) is 0 Å². The smallest absolute Gasteiger partial charge is 0.409 e. The SMILES string of the molecule is Cl.Clc1ccc(OP(Oc2ccc(Cl)cc2)Oc2ccc(Cl)cc2)cc1. The van der Waals surface area contributed by atoms with Gasteiger partial charge in [-0.3, -0.25) is 0 Å². The van der Waals surface area contributed by atoms with Crippen LogP contribution in [0.5, 0.6) is 17.2 Å². The molecule has 0 saturated carbocycles. The highest BCUT2D eigenvalue weighted by Crippen LogP contribution is 2.42. The van der Waals surface area contributed by atoms with Gasteiger partial charge in [0, 0.05) is 15.1 Å². The molecular formula is C18H13Cl4O3P. The van der Waals surface area contributed by atoms with Crippen LogP contribution < -0.4 is 13.6 Å². The summed E-state index contributed by atoms with van der Waals surface area (Å²) in [6.07, 6.45) is 0. The van der Waals surface area contributed by atoms with Gasteiger partial charge >= 0.3 is 8.60 Å². The summed E-state index contributed by atoms with van der Waals surface area (Å²) in [5.41, 5.74) is 0. The fourth-order valence-corrected chi connectivity index (χ4v) is 3.17. The summed E-state index contributed by atoms with van der Waals surface area (Å²) in [6.45, 7) is 0. The van der Waals surface area contributed by atoms with Crippen LogP contribution in [0, 0.1) is 0 Å². The maximum atomic E-state index is 5.90. The van der Waals surface area contributed by atoms with Crippen molar-refractivity contribution < 1.29 is 13.6 Å². The van der Waals surface area contributed by atoms with E-state index in [1.165, 1.54) is 0 Å². The van der Waals surface area contributed by atoms with E-state index in [-0.39, 0.29) is 12.4 Å². The Morgan fingerprint density at radius 3 is 0.923 bits per heavy atom. The number of rotatable bonds is 6. The van der Waals surface area contributed by atoms with Crippen LogP contribution in [0.3, 0.4) is 0 Å². The van der Waals surface area contributed by atoms with Crippen molar-refractivity contribution in [2.24, 2.45) is 0 Å². The molecule has 0 bridgehead atoms. The minimum absolute atomic E-state index is 0. The lowest BCUT2D eigenvalue weighted by Crippen LogP contribution is -2.02. The van der Waals surface area contributed by atoms with Gasteiger partial charge in [-0.05, 0) is 72.8 Å². The molecule has 3 aromatic rings. The Hall–Kier alpha value is -1.35. The third kappa shape index (κ3) is 6.42. The van der Waals surface area contributed by atoms with Crippen LogP contribution in [0.4, 0.5) is 0 Å². The van der Waals surface area contributed by atoms with E-state index in [4.69, 9.17) is 48.4 Å². The number of hydrogen-bond acceptors (Lipinski definition) is 3. The number of benzene rings is 3. The van der Waals surface area contributed by atoms with Gasteiger partial charge in [0.05, 0.1) is 0 Å². The molecule has 26 heavy (non-hydrogen) atoms. The second kappa shape index (κ2) is 10.1. The minimum atomic E-state index is -1.75. The first-order chi connectivity index (χ1) is 12.1. The zero-order valence-electron chi connectivity index (χ0n) is 13.1. The van der Waals surface area contributed by atoms with Gasteiger partial charge in [-0.2, -0.15) is 0 Å². The average Bonchev–Trinajstić information content (AvgIpc) is 2.61. The third-order valence-electron chi connectivity index (χ3n) is 2.98. The highest BCUT2D eigenvalue weighted by atomic mass is 35.5. The number of halogens is 4. The van der Waals surface area contributed by atoms with E-state index >= 15 is 0 Å². The zero-order valence-corrected chi connectivity index (χ0v) is 17.1. The van der Waals surface area contributed by atoms with Crippen LogP contribution >= 0.6 is 55.8 Å².